The van der Waals surface area contributed by atoms with Crippen molar-refractivity contribution in [2.45, 2.75) is 12.8 Å². The maximum absolute atomic E-state index is 12.7. The van der Waals surface area contributed by atoms with Crippen molar-refractivity contribution in [3.8, 4) is 0 Å². The summed E-state index contributed by atoms with van der Waals surface area (Å²) in [7, 11) is 1.48. The number of amides is 2. The summed E-state index contributed by atoms with van der Waals surface area (Å²) in [4.78, 5) is 39.1. The molecule has 2 aromatic carbocycles. The number of anilines is 2. The monoisotopic (exact) mass is 416 g/mol. The number of carbonyl (C=O) groups excluding carboxylic acids is 2. The van der Waals surface area contributed by atoms with Gasteiger partial charge in [-0.1, -0.05) is 11.6 Å². The van der Waals surface area contributed by atoms with E-state index in [1.165, 1.54) is 18.0 Å². The van der Waals surface area contributed by atoms with Gasteiger partial charge in [-0.3, -0.25) is 19.7 Å². The summed E-state index contributed by atoms with van der Waals surface area (Å²) in [6.07, 6.45) is 1.98. The molecule has 1 saturated heterocycles. The van der Waals surface area contributed by atoms with E-state index in [0.29, 0.717) is 16.4 Å². The van der Waals surface area contributed by atoms with Gasteiger partial charge in [0.05, 0.1) is 11.5 Å². The van der Waals surface area contributed by atoms with Crippen molar-refractivity contribution in [2.24, 2.45) is 0 Å². The molecule has 1 aliphatic rings. The lowest BCUT2D eigenvalue weighted by Crippen LogP contribution is -2.35. The van der Waals surface area contributed by atoms with E-state index in [4.69, 9.17) is 11.6 Å². The molecular formula is C20H21ClN4O4. The lowest BCUT2D eigenvalue weighted by Gasteiger charge is -2.20. The summed E-state index contributed by atoms with van der Waals surface area (Å²) in [5, 5.41) is 14.7. The molecule has 0 spiro atoms. The second kappa shape index (κ2) is 8.91. The minimum absolute atomic E-state index is 0.100. The highest BCUT2D eigenvalue weighted by Crippen LogP contribution is 2.32. The smallest absolute Gasteiger partial charge is 0.293 e. The number of halogens is 1. The number of nitro groups is 1. The summed E-state index contributed by atoms with van der Waals surface area (Å²) in [5.74, 6) is -0.848. The van der Waals surface area contributed by atoms with Crippen molar-refractivity contribution in [3.05, 3.63) is 63.2 Å². The predicted molar refractivity (Wildman–Crippen MR) is 112 cm³/mol. The number of carbonyl (C=O) groups is 2. The number of nitro benzene ring substituents is 1. The van der Waals surface area contributed by atoms with Crippen molar-refractivity contribution < 1.29 is 14.5 Å². The van der Waals surface area contributed by atoms with Gasteiger partial charge in [-0.15, -0.1) is 0 Å². The zero-order valence-electron chi connectivity index (χ0n) is 15.9. The van der Waals surface area contributed by atoms with Crippen LogP contribution >= 0.6 is 11.6 Å². The van der Waals surface area contributed by atoms with Gasteiger partial charge >= 0.3 is 0 Å². The van der Waals surface area contributed by atoms with Gasteiger partial charge in [0.2, 0.25) is 5.91 Å². The molecule has 0 saturated carbocycles. The van der Waals surface area contributed by atoms with Crippen molar-refractivity contribution in [1.82, 2.24) is 4.90 Å². The van der Waals surface area contributed by atoms with Crippen LogP contribution in [-0.4, -0.2) is 48.3 Å². The summed E-state index contributed by atoms with van der Waals surface area (Å²) < 4.78 is 0. The molecule has 2 amide bonds. The molecule has 0 unspecified atom stereocenters. The predicted octanol–water partition coefficient (Wildman–Crippen LogP) is 3.56. The van der Waals surface area contributed by atoms with Crippen molar-refractivity contribution in [3.63, 3.8) is 0 Å². The Morgan fingerprint density at radius 3 is 2.45 bits per heavy atom. The summed E-state index contributed by atoms with van der Waals surface area (Å²) >= 11 is 5.81. The number of nitrogens with one attached hydrogen (secondary N) is 1. The van der Waals surface area contributed by atoms with Gasteiger partial charge in [-0.05, 0) is 49.2 Å². The number of likely N-dealkylation sites (N-methyl/N-ethyl adjacent to an activating group) is 1. The lowest BCUT2D eigenvalue weighted by atomic mass is 10.1. The highest BCUT2D eigenvalue weighted by Gasteiger charge is 2.25. The first-order valence-corrected chi connectivity index (χ1v) is 9.57. The van der Waals surface area contributed by atoms with Gasteiger partial charge in [0.25, 0.3) is 11.6 Å². The fourth-order valence-electron chi connectivity index (χ4n) is 3.27. The third-order valence-electron chi connectivity index (χ3n) is 4.72. The molecule has 0 aliphatic carbocycles. The van der Waals surface area contributed by atoms with Gasteiger partial charge in [0, 0.05) is 42.5 Å². The van der Waals surface area contributed by atoms with Crippen LogP contribution in [0.3, 0.4) is 0 Å². The van der Waals surface area contributed by atoms with Crippen LogP contribution in [0.4, 0.5) is 17.1 Å². The molecule has 0 radical (unpaired) electrons. The van der Waals surface area contributed by atoms with E-state index in [0.717, 1.165) is 25.9 Å². The van der Waals surface area contributed by atoms with E-state index in [9.17, 15) is 19.7 Å². The maximum Gasteiger partial charge on any atom is 0.293 e. The van der Waals surface area contributed by atoms with E-state index in [-0.39, 0.29) is 23.7 Å². The van der Waals surface area contributed by atoms with Crippen LogP contribution in [0.2, 0.25) is 5.02 Å². The van der Waals surface area contributed by atoms with Gasteiger partial charge < -0.3 is 15.1 Å². The van der Waals surface area contributed by atoms with E-state index in [2.05, 4.69) is 5.32 Å². The van der Waals surface area contributed by atoms with Gasteiger partial charge in [0.1, 0.15) is 5.69 Å². The van der Waals surface area contributed by atoms with Crippen LogP contribution < -0.4 is 10.2 Å². The summed E-state index contributed by atoms with van der Waals surface area (Å²) in [6, 6.07) is 11.1. The number of benzene rings is 2. The lowest BCUT2D eigenvalue weighted by molar-refractivity contribution is -0.384. The molecular weight excluding hydrogens is 396 g/mol. The third-order valence-corrected chi connectivity index (χ3v) is 4.97. The van der Waals surface area contributed by atoms with Crippen molar-refractivity contribution in [2.75, 3.05) is 36.9 Å². The molecule has 1 heterocycles. The molecule has 29 heavy (non-hydrogen) atoms. The normalized spacial score (nSPS) is 13.2. The first-order chi connectivity index (χ1) is 13.8. The van der Waals surface area contributed by atoms with Gasteiger partial charge in [0.15, 0.2) is 0 Å². The Labute approximate surface area is 173 Å². The molecule has 0 atom stereocenters. The third kappa shape index (κ3) is 5.03. The molecule has 3 rings (SSSR count). The number of rotatable bonds is 6. The Bertz CT molecular complexity index is 927. The Morgan fingerprint density at radius 1 is 1.17 bits per heavy atom. The molecule has 1 N–H and O–H groups in total. The highest BCUT2D eigenvalue weighted by molar-refractivity contribution is 6.30. The zero-order valence-corrected chi connectivity index (χ0v) is 16.7. The summed E-state index contributed by atoms with van der Waals surface area (Å²) in [6.45, 7) is 1.33. The summed E-state index contributed by atoms with van der Waals surface area (Å²) in [5.41, 5.74) is 1.15. The van der Waals surface area contributed by atoms with Gasteiger partial charge in [-0.2, -0.15) is 0 Å². The zero-order chi connectivity index (χ0) is 21.0. The minimum Gasteiger partial charge on any atom is -0.366 e. The first-order valence-electron chi connectivity index (χ1n) is 9.19. The SMILES string of the molecule is CN(CC(=O)Nc1ccc(Cl)cc1)C(=O)c1ccc(N2CCCC2)c([N+](=O)[O-])c1. The van der Waals surface area contributed by atoms with Crippen LogP contribution in [0.1, 0.15) is 23.2 Å². The van der Waals surface area contributed by atoms with E-state index in [1.807, 2.05) is 4.90 Å². The number of hydrogen-bond acceptors (Lipinski definition) is 5. The van der Waals surface area contributed by atoms with Crippen LogP contribution in [0.15, 0.2) is 42.5 Å². The molecule has 1 aliphatic heterocycles. The molecule has 1 fully saturated rings. The second-order valence-corrected chi connectivity index (χ2v) is 7.31. The maximum atomic E-state index is 12.7. The largest absolute Gasteiger partial charge is 0.366 e. The molecule has 152 valence electrons. The standard InChI is InChI=1S/C20H21ClN4O4/c1-23(13-19(26)22-16-7-5-15(21)6-8-16)20(27)14-4-9-17(18(12-14)25(28)29)24-10-2-3-11-24/h4-9,12H,2-3,10-11,13H2,1H3,(H,22,26). The van der Waals surface area contributed by atoms with Crippen LogP contribution in [0.5, 0.6) is 0 Å². The van der Waals surface area contributed by atoms with E-state index < -0.39 is 10.8 Å². The van der Waals surface area contributed by atoms with Crippen LogP contribution in [0.25, 0.3) is 0 Å². The quantitative estimate of drug-likeness (QED) is 0.573. The fraction of sp³-hybridized carbons (Fsp3) is 0.300. The van der Waals surface area contributed by atoms with Crippen molar-refractivity contribution >= 4 is 40.5 Å². The topological polar surface area (TPSA) is 95.8 Å². The fourth-order valence-corrected chi connectivity index (χ4v) is 3.40. The van der Waals surface area contributed by atoms with E-state index in [1.54, 1.807) is 36.4 Å². The van der Waals surface area contributed by atoms with E-state index >= 15 is 0 Å². The first kappa shape index (κ1) is 20.6. The van der Waals surface area contributed by atoms with Crippen molar-refractivity contribution in [1.29, 1.82) is 0 Å². The average Bonchev–Trinajstić information content (AvgIpc) is 3.23. The van der Waals surface area contributed by atoms with Crippen LogP contribution in [0, 0.1) is 10.1 Å². The number of hydrogen-bond donors (Lipinski definition) is 1. The Kier molecular flexibility index (Phi) is 6.33. The molecule has 9 heteroatoms. The second-order valence-electron chi connectivity index (χ2n) is 6.87. The highest BCUT2D eigenvalue weighted by atomic mass is 35.5. The van der Waals surface area contributed by atoms with Gasteiger partial charge in [-0.25, -0.2) is 0 Å². The number of nitrogens with zero attached hydrogens (tertiary/aromatic N) is 3. The Balaban J connectivity index is 1.69. The minimum atomic E-state index is -0.475. The molecule has 0 bridgehead atoms. The molecule has 0 aromatic heterocycles. The Hall–Kier alpha value is -3.13. The molecule has 2 aromatic rings. The average molecular weight is 417 g/mol. The Morgan fingerprint density at radius 2 is 1.83 bits per heavy atom. The molecule has 8 nitrogen and oxygen atoms in total. The van der Waals surface area contributed by atoms with Crippen LogP contribution in [-0.2, 0) is 4.79 Å².